The highest BCUT2D eigenvalue weighted by molar-refractivity contribution is 7.80. The largest absolute Gasteiger partial charge is 0.333 e. The molecule has 1 fully saturated rings. The molecule has 6 nitrogen and oxygen atoms in total. The molecule has 0 spiro atoms. The number of thiocarbonyl (C=S) groups is 1. The van der Waals surface area contributed by atoms with Crippen LogP contribution < -0.4 is 16.2 Å². The quantitative estimate of drug-likeness (QED) is 0.573. The van der Waals surface area contributed by atoms with Crippen LogP contribution in [0.3, 0.4) is 0 Å². The fourth-order valence-corrected chi connectivity index (χ4v) is 2.70. The Morgan fingerprint density at radius 2 is 1.92 bits per heavy atom. The number of amides is 2. The Morgan fingerprint density at radius 1 is 1.17 bits per heavy atom. The van der Waals surface area contributed by atoms with Crippen molar-refractivity contribution in [3.8, 4) is 0 Å². The molecule has 2 amide bonds. The number of carbonyl (C=O) groups excluding carboxylic acids is 2. The summed E-state index contributed by atoms with van der Waals surface area (Å²) in [4.78, 5) is 25.4. The number of aryl methyl sites for hydroxylation is 1. The van der Waals surface area contributed by atoms with E-state index in [1.807, 2.05) is 24.3 Å². The van der Waals surface area contributed by atoms with E-state index in [0.29, 0.717) is 18.1 Å². The fraction of sp³-hybridized carbons (Fsp3) is 0.471. The smallest absolute Gasteiger partial charge is 0.257 e. The van der Waals surface area contributed by atoms with Gasteiger partial charge in [0.2, 0.25) is 5.91 Å². The van der Waals surface area contributed by atoms with Gasteiger partial charge < -0.3 is 10.2 Å². The molecule has 7 heteroatoms. The molecule has 130 valence electrons. The first kappa shape index (κ1) is 18.2. The lowest BCUT2D eigenvalue weighted by molar-refractivity contribution is -0.135. The molecule has 24 heavy (non-hydrogen) atoms. The Kier molecular flexibility index (Phi) is 6.99. The number of anilines is 1. The minimum Gasteiger partial charge on any atom is -0.333 e. The molecular formula is C17H24N4O2S. The van der Waals surface area contributed by atoms with Gasteiger partial charge in [-0.25, -0.2) is 0 Å². The molecule has 3 N–H and O–H groups in total. The number of benzene rings is 1. The van der Waals surface area contributed by atoms with Crippen LogP contribution in [0.4, 0.5) is 5.69 Å². The molecule has 1 aromatic rings. The first-order valence-corrected chi connectivity index (χ1v) is 8.72. The van der Waals surface area contributed by atoms with Crippen LogP contribution >= 0.6 is 12.2 Å². The predicted octanol–water partition coefficient (Wildman–Crippen LogP) is 1.97. The van der Waals surface area contributed by atoms with E-state index in [1.165, 1.54) is 5.56 Å². The summed E-state index contributed by atoms with van der Waals surface area (Å²) in [6.07, 6.45) is 4.38. The van der Waals surface area contributed by atoms with Gasteiger partial charge >= 0.3 is 0 Å². The second kappa shape index (κ2) is 9.22. The van der Waals surface area contributed by atoms with Crippen LogP contribution in [0.15, 0.2) is 24.3 Å². The summed E-state index contributed by atoms with van der Waals surface area (Å²) in [5.74, 6) is -0.241. The number of carbonyl (C=O) groups is 2. The third-order valence-corrected chi connectivity index (χ3v) is 4.15. The lowest BCUT2D eigenvalue weighted by Gasteiger charge is -2.20. The molecule has 0 aliphatic carbocycles. The van der Waals surface area contributed by atoms with Crippen molar-refractivity contribution in [3.63, 3.8) is 0 Å². The summed E-state index contributed by atoms with van der Waals surface area (Å²) >= 11 is 5.15. The maximum Gasteiger partial charge on any atom is 0.257 e. The maximum absolute atomic E-state index is 12.0. The van der Waals surface area contributed by atoms with E-state index in [0.717, 1.165) is 31.4 Å². The molecule has 2 rings (SSSR count). The Balaban J connectivity index is 1.73. The third kappa shape index (κ3) is 5.81. The molecule has 0 bridgehead atoms. The third-order valence-electron chi connectivity index (χ3n) is 3.94. The zero-order valence-electron chi connectivity index (χ0n) is 13.9. The molecule has 1 aliphatic heterocycles. The molecule has 1 saturated heterocycles. The monoisotopic (exact) mass is 348 g/mol. The van der Waals surface area contributed by atoms with Crippen molar-refractivity contribution >= 4 is 34.8 Å². The van der Waals surface area contributed by atoms with Gasteiger partial charge in [0.15, 0.2) is 5.11 Å². The molecule has 0 radical (unpaired) electrons. The molecule has 0 saturated carbocycles. The standard InChI is InChI=1S/C17H24N4O2S/c1-2-13-7-9-14(10-8-13)18-17(24)20-19-15(22)12-21-11-5-3-4-6-16(21)23/h7-10H,2-6,11-12H2,1H3,(H,19,22)(H2,18,20,24). The van der Waals surface area contributed by atoms with Crippen molar-refractivity contribution in [2.45, 2.75) is 39.0 Å². The number of nitrogens with one attached hydrogen (secondary N) is 3. The molecule has 1 aromatic carbocycles. The van der Waals surface area contributed by atoms with Crippen molar-refractivity contribution in [1.29, 1.82) is 0 Å². The topological polar surface area (TPSA) is 73.5 Å². The van der Waals surface area contributed by atoms with Gasteiger partial charge in [0.1, 0.15) is 6.54 Å². The highest BCUT2D eigenvalue weighted by Gasteiger charge is 2.19. The van der Waals surface area contributed by atoms with Crippen LogP contribution in [0.5, 0.6) is 0 Å². The van der Waals surface area contributed by atoms with Crippen LogP contribution in [0, 0.1) is 0 Å². The minimum absolute atomic E-state index is 0.0411. The Hall–Kier alpha value is -2.15. The number of hydrogen-bond donors (Lipinski definition) is 3. The first-order valence-electron chi connectivity index (χ1n) is 8.31. The number of nitrogens with zero attached hydrogens (tertiary/aromatic N) is 1. The number of hydrazine groups is 1. The molecule has 0 atom stereocenters. The SMILES string of the molecule is CCc1ccc(NC(=S)NNC(=O)CN2CCCCCC2=O)cc1. The number of hydrogen-bond acceptors (Lipinski definition) is 3. The van der Waals surface area contributed by atoms with Gasteiger partial charge in [-0.3, -0.25) is 20.4 Å². The van der Waals surface area contributed by atoms with E-state index in [-0.39, 0.29) is 18.4 Å². The second-order valence-electron chi connectivity index (χ2n) is 5.80. The van der Waals surface area contributed by atoms with Gasteiger partial charge in [-0.15, -0.1) is 0 Å². The van der Waals surface area contributed by atoms with Crippen molar-refractivity contribution in [1.82, 2.24) is 15.8 Å². The average Bonchev–Trinajstić information content (AvgIpc) is 2.78. The van der Waals surface area contributed by atoms with Crippen LogP contribution in [-0.2, 0) is 16.0 Å². The van der Waals surface area contributed by atoms with E-state index >= 15 is 0 Å². The molecule has 1 heterocycles. The minimum atomic E-state index is -0.282. The van der Waals surface area contributed by atoms with Gasteiger partial charge in [-0.05, 0) is 49.2 Å². The average molecular weight is 348 g/mol. The van der Waals surface area contributed by atoms with Crippen LogP contribution in [-0.4, -0.2) is 34.9 Å². The van der Waals surface area contributed by atoms with Crippen LogP contribution in [0.1, 0.15) is 38.2 Å². The lowest BCUT2D eigenvalue weighted by Crippen LogP contribution is -2.48. The summed E-state index contributed by atoms with van der Waals surface area (Å²) in [6, 6.07) is 7.91. The Labute approximate surface area is 148 Å². The zero-order chi connectivity index (χ0) is 17.4. The summed E-state index contributed by atoms with van der Waals surface area (Å²) in [6.45, 7) is 2.79. The highest BCUT2D eigenvalue weighted by Crippen LogP contribution is 2.11. The highest BCUT2D eigenvalue weighted by atomic mass is 32.1. The normalized spacial score (nSPS) is 14.7. The van der Waals surface area contributed by atoms with E-state index < -0.39 is 0 Å². The second-order valence-corrected chi connectivity index (χ2v) is 6.21. The Bertz CT molecular complexity index is 589. The van der Waals surface area contributed by atoms with Crippen molar-refractivity contribution < 1.29 is 9.59 Å². The summed E-state index contributed by atoms with van der Waals surface area (Å²) in [7, 11) is 0. The van der Waals surface area contributed by atoms with Crippen molar-refractivity contribution in [3.05, 3.63) is 29.8 Å². The Morgan fingerprint density at radius 3 is 2.62 bits per heavy atom. The molecular weight excluding hydrogens is 324 g/mol. The van der Waals surface area contributed by atoms with Gasteiger partial charge in [0.25, 0.3) is 5.91 Å². The summed E-state index contributed by atoms with van der Waals surface area (Å²) in [5.41, 5.74) is 7.28. The van der Waals surface area contributed by atoms with Crippen molar-refractivity contribution in [2.75, 3.05) is 18.4 Å². The van der Waals surface area contributed by atoms with Crippen LogP contribution in [0.25, 0.3) is 0 Å². The van der Waals surface area contributed by atoms with Gasteiger partial charge in [0, 0.05) is 18.7 Å². The lowest BCUT2D eigenvalue weighted by atomic mass is 10.1. The summed E-state index contributed by atoms with van der Waals surface area (Å²) < 4.78 is 0. The van der Waals surface area contributed by atoms with E-state index in [1.54, 1.807) is 4.90 Å². The van der Waals surface area contributed by atoms with Crippen LogP contribution in [0.2, 0.25) is 0 Å². The number of rotatable bonds is 4. The molecule has 1 aliphatic rings. The van der Waals surface area contributed by atoms with E-state index in [2.05, 4.69) is 23.1 Å². The summed E-state index contributed by atoms with van der Waals surface area (Å²) in [5, 5.41) is 3.30. The first-order chi connectivity index (χ1) is 11.6. The zero-order valence-corrected chi connectivity index (χ0v) is 14.7. The maximum atomic E-state index is 12.0. The van der Waals surface area contributed by atoms with E-state index in [4.69, 9.17) is 12.2 Å². The van der Waals surface area contributed by atoms with E-state index in [9.17, 15) is 9.59 Å². The van der Waals surface area contributed by atoms with Crippen molar-refractivity contribution in [2.24, 2.45) is 0 Å². The molecule has 0 unspecified atom stereocenters. The predicted molar refractivity (Wildman–Crippen MR) is 98.4 cm³/mol. The van der Waals surface area contributed by atoms with Gasteiger partial charge in [-0.2, -0.15) is 0 Å². The van der Waals surface area contributed by atoms with Gasteiger partial charge in [0.05, 0.1) is 0 Å². The fourth-order valence-electron chi connectivity index (χ4n) is 2.53. The van der Waals surface area contributed by atoms with Gasteiger partial charge in [-0.1, -0.05) is 25.5 Å². The number of likely N-dealkylation sites (tertiary alicyclic amines) is 1. The molecule has 0 aromatic heterocycles.